The van der Waals surface area contributed by atoms with Crippen molar-refractivity contribution in [3.05, 3.63) is 34.4 Å². The Balaban J connectivity index is 2.49. The van der Waals surface area contributed by atoms with Crippen LogP contribution in [0.2, 0.25) is 0 Å². The number of nitrogens with zero attached hydrogens (tertiary/aromatic N) is 1. The largest absolute Gasteiger partial charge is 0.350 e. The number of fused-ring (bicyclic) bond motifs is 1. The predicted octanol–water partition coefficient (Wildman–Crippen LogP) is 4.19. The van der Waals surface area contributed by atoms with Gasteiger partial charge in [-0.15, -0.1) is 0 Å². The quantitative estimate of drug-likeness (QED) is 0.818. The van der Waals surface area contributed by atoms with Gasteiger partial charge in [0.2, 0.25) is 0 Å². The average molecular weight is 284 g/mol. The highest BCUT2D eigenvalue weighted by Crippen LogP contribution is 2.27. The van der Waals surface area contributed by atoms with Gasteiger partial charge in [0, 0.05) is 34.4 Å². The molecule has 0 N–H and O–H groups in total. The van der Waals surface area contributed by atoms with Crippen molar-refractivity contribution in [1.29, 1.82) is 0 Å². The van der Waals surface area contributed by atoms with E-state index in [1.54, 1.807) is 0 Å². The Morgan fingerprint density at radius 2 is 2.20 bits per heavy atom. The minimum Gasteiger partial charge on any atom is -0.350 e. The third kappa shape index (κ3) is 2.23. The van der Waals surface area contributed by atoms with Crippen LogP contribution in [-0.4, -0.2) is 10.3 Å². The monoisotopic (exact) mass is 283 g/mol. The molecule has 2 aromatic rings. The Hall–Kier alpha value is -0.410. The Bertz CT molecular complexity index is 476. The molecule has 0 radical (unpaired) electrons. The average Bonchev–Trinajstić information content (AvgIpc) is 2.52. The summed E-state index contributed by atoms with van der Waals surface area (Å²) in [5.41, 5.74) is 2.74. The first kappa shape index (κ1) is 11.1. The number of thioether (sulfide) groups is 1. The zero-order valence-electron chi connectivity index (χ0n) is 8.96. The fourth-order valence-electron chi connectivity index (χ4n) is 1.77. The third-order valence-corrected chi connectivity index (χ3v) is 3.91. The first-order valence-electron chi connectivity index (χ1n) is 5.03. The van der Waals surface area contributed by atoms with Crippen LogP contribution < -0.4 is 0 Å². The van der Waals surface area contributed by atoms with Crippen molar-refractivity contribution >= 4 is 38.6 Å². The van der Waals surface area contributed by atoms with E-state index in [2.05, 4.69) is 58.9 Å². The molecule has 0 aliphatic carbocycles. The second-order valence-electron chi connectivity index (χ2n) is 3.56. The first-order valence-corrected chi connectivity index (χ1v) is 6.98. The Morgan fingerprint density at radius 3 is 2.93 bits per heavy atom. The van der Waals surface area contributed by atoms with Crippen LogP contribution in [0.4, 0.5) is 0 Å². The summed E-state index contributed by atoms with van der Waals surface area (Å²) >= 11 is 5.49. The fourth-order valence-corrected chi connectivity index (χ4v) is 2.79. The molecule has 1 heterocycles. The molecule has 0 bridgehead atoms. The molecule has 0 spiro atoms. The predicted molar refractivity (Wildman–Crippen MR) is 72.5 cm³/mol. The van der Waals surface area contributed by atoms with Crippen LogP contribution in [0.25, 0.3) is 10.9 Å². The molecular formula is C12H14BrNS. The van der Waals surface area contributed by atoms with E-state index in [0.717, 1.165) is 10.2 Å². The van der Waals surface area contributed by atoms with Gasteiger partial charge in [-0.1, -0.05) is 22.9 Å². The smallest absolute Gasteiger partial charge is 0.0481 e. The van der Waals surface area contributed by atoms with Gasteiger partial charge in [-0.2, -0.15) is 11.8 Å². The van der Waals surface area contributed by atoms with Gasteiger partial charge in [0.15, 0.2) is 0 Å². The van der Waals surface area contributed by atoms with Gasteiger partial charge in [-0.3, -0.25) is 0 Å². The zero-order chi connectivity index (χ0) is 10.8. The lowest BCUT2D eigenvalue weighted by atomic mass is 10.2. The number of halogens is 1. The standard InChI is InChI=1S/C12H14BrNS/c1-3-15-8-9-7-14(2)12-5-4-10(13)6-11(9)12/h4-7H,3,8H2,1-2H3. The Labute approximate surface area is 103 Å². The van der Waals surface area contributed by atoms with Crippen LogP contribution in [0.15, 0.2) is 28.9 Å². The summed E-state index contributed by atoms with van der Waals surface area (Å²) < 4.78 is 3.36. The second-order valence-corrected chi connectivity index (χ2v) is 5.75. The Kier molecular flexibility index (Phi) is 3.42. The van der Waals surface area contributed by atoms with Crippen molar-refractivity contribution in [3.8, 4) is 0 Å². The number of rotatable bonds is 3. The molecule has 3 heteroatoms. The number of benzene rings is 1. The minimum atomic E-state index is 1.10. The van der Waals surface area contributed by atoms with Gasteiger partial charge in [-0.05, 0) is 29.5 Å². The number of aryl methyl sites for hydroxylation is 1. The highest BCUT2D eigenvalue weighted by atomic mass is 79.9. The molecule has 1 nitrogen and oxygen atoms in total. The molecule has 0 aliphatic rings. The SMILES string of the molecule is CCSCc1cn(C)c2ccc(Br)cc12. The first-order chi connectivity index (χ1) is 7.22. The molecule has 0 atom stereocenters. The van der Waals surface area contributed by atoms with Crippen molar-refractivity contribution in [3.63, 3.8) is 0 Å². The van der Waals surface area contributed by atoms with E-state index in [-0.39, 0.29) is 0 Å². The van der Waals surface area contributed by atoms with Crippen LogP contribution in [0.3, 0.4) is 0 Å². The molecular weight excluding hydrogens is 270 g/mol. The lowest BCUT2D eigenvalue weighted by molar-refractivity contribution is 0.963. The van der Waals surface area contributed by atoms with Crippen molar-refractivity contribution in [2.45, 2.75) is 12.7 Å². The van der Waals surface area contributed by atoms with Crippen LogP contribution in [0.1, 0.15) is 12.5 Å². The van der Waals surface area contributed by atoms with E-state index < -0.39 is 0 Å². The molecule has 0 fully saturated rings. The topological polar surface area (TPSA) is 4.93 Å². The molecule has 0 saturated heterocycles. The van der Waals surface area contributed by atoms with Crippen molar-refractivity contribution in [2.75, 3.05) is 5.75 Å². The van der Waals surface area contributed by atoms with Crippen LogP contribution >= 0.6 is 27.7 Å². The van der Waals surface area contributed by atoms with Gasteiger partial charge >= 0.3 is 0 Å². The van der Waals surface area contributed by atoms with Gasteiger partial charge in [0.1, 0.15) is 0 Å². The summed E-state index contributed by atoms with van der Waals surface area (Å²) in [5, 5.41) is 1.37. The normalized spacial score (nSPS) is 11.1. The summed E-state index contributed by atoms with van der Waals surface area (Å²) in [6.45, 7) is 2.20. The number of aromatic nitrogens is 1. The van der Waals surface area contributed by atoms with Crippen molar-refractivity contribution in [2.24, 2.45) is 7.05 Å². The summed E-state index contributed by atoms with van der Waals surface area (Å²) in [7, 11) is 2.11. The lowest BCUT2D eigenvalue weighted by Crippen LogP contribution is -1.82. The van der Waals surface area contributed by atoms with Gasteiger partial charge in [0.25, 0.3) is 0 Å². The van der Waals surface area contributed by atoms with E-state index in [4.69, 9.17) is 0 Å². The van der Waals surface area contributed by atoms with Gasteiger partial charge in [-0.25, -0.2) is 0 Å². The number of hydrogen-bond acceptors (Lipinski definition) is 1. The maximum atomic E-state index is 3.53. The molecule has 0 amide bonds. The summed E-state index contributed by atoms with van der Waals surface area (Å²) in [6, 6.07) is 6.47. The van der Waals surface area contributed by atoms with Crippen LogP contribution in [0, 0.1) is 0 Å². The maximum absolute atomic E-state index is 3.53. The summed E-state index contributed by atoms with van der Waals surface area (Å²) in [4.78, 5) is 0. The van der Waals surface area contributed by atoms with Crippen molar-refractivity contribution in [1.82, 2.24) is 4.57 Å². The molecule has 0 saturated carbocycles. The summed E-state index contributed by atoms with van der Waals surface area (Å²) in [5.74, 6) is 2.27. The van der Waals surface area contributed by atoms with E-state index >= 15 is 0 Å². The molecule has 1 aromatic carbocycles. The molecule has 15 heavy (non-hydrogen) atoms. The number of hydrogen-bond donors (Lipinski definition) is 0. The third-order valence-electron chi connectivity index (χ3n) is 2.50. The molecule has 0 unspecified atom stereocenters. The van der Waals surface area contributed by atoms with E-state index in [1.165, 1.54) is 22.2 Å². The van der Waals surface area contributed by atoms with Gasteiger partial charge < -0.3 is 4.57 Å². The van der Waals surface area contributed by atoms with E-state index in [9.17, 15) is 0 Å². The van der Waals surface area contributed by atoms with Crippen molar-refractivity contribution < 1.29 is 0 Å². The highest BCUT2D eigenvalue weighted by molar-refractivity contribution is 9.10. The Morgan fingerprint density at radius 1 is 1.40 bits per heavy atom. The molecule has 2 rings (SSSR count). The molecule has 80 valence electrons. The highest BCUT2D eigenvalue weighted by Gasteiger charge is 2.06. The van der Waals surface area contributed by atoms with E-state index in [0.29, 0.717) is 0 Å². The second kappa shape index (κ2) is 4.62. The zero-order valence-corrected chi connectivity index (χ0v) is 11.4. The molecule has 0 aliphatic heterocycles. The van der Waals surface area contributed by atoms with Crippen LogP contribution in [0.5, 0.6) is 0 Å². The fraction of sp³-hybridized carbons (Fsp3) is 0.333. The molecule has 1 aromatic heterocycles. The van der Waals surface area contributed by atoms with Gasteiger partial charge in [0.05, 0.1) is 0 Å². The van der Waals surface area contributed by atoms with Crippen LogP contribution in [-0.2, 0) is 12.8 Å². The summed E-state index contributed by atoms with van der Waals surface area (Å²) in [6.07, 6.45) is 2.24. The minimum absolute atomic E-state index is 1.10. The lowest BCUT2D eigenvalue weighted by Gasteiger charge is -1.98. The maximum Gasteiger partial charge on any atom is 0.0481 e. The van der Waals surface area contributed by atoms with E-state index in [1.807, 2.05) is 11.8 Å².